The van der Waals surface area contributed by atoms with Crippen LogP contribution in [0.2, 0.25) is 0 Å². The van der Waals surface area contributed by atoms with Gasteiger partial charge in [0.05, 0.1) is 13.2 Å². The molecule has 1 aliphatic heterocycles. The Morgan fingerprint density at radius 1 is 1.29 bits per heavy atom. The maximum absolute atomic E-state index is 5.95. The average Bonchev–Trinajstić information content (AvgIpc) is 3.07. The predicted octanol–water partition coefficient (Wildman–Crippen LogP) is 2.47. The molecule has 3 heterocycles. The van der Waals surface area contributed by atoms with Gasteiger partial charge in [-0.1, -0.05) is 0 Å². The number of aromatic nitrogens is 3. The third-order valence-electron chi connectivity index (χ3n) is 4.54. The van der Waals surface area contributed by atoms with E-state index < -0.39 is 0 Å². The zero-order chi connectivity index (χ0) is 14.4. The molecule has 2 fully saturated rings. The number of nitrogens with zero attached hydrogens (tertiary/aromatic N) is 3. The van der Waals surface area contributed by atoms with Crippen molar-refractivity contribution in [2.24, 2.45) is 0 Å². The van der Waals surface area contributed by atoms with Gasteiger partial charge in [-0.15, -0.1) is 0 Å². The summed E-state index contributed by atoms with van der Waals surface area (Å²) in [5.74, 6) is 0.615. The number of nitrogen functional groups attached to an aromatic ring is 1. The third kappa shape index (κ3) is 2.15. The first-order valence-electron chi connectivity index (χ1n) is 7.24. The van der Waals surface area contributed by atoms with Crippen LogP contribution in [0.1, 0.15) is 37.3 Å². The fourth-order valence-corrected chi connectivity index (χ4v) is 4.08. The molecule has 2 N–H and O–H groups in total. The Labute approximate surface area is 130 Å². The molecule has 7 heteroatoms. The molecule has 0 radical (unpaired) electrons. The van der Waals surface area contributed by atoms with E-state index in [2.05, 4.69) is 32.1 Å². The Morgan fingerprint density at radius 2 is 2.00 bits per heavy atom. The number of rotatable bonds is 1. The van der Waals surface area contributed by atoms with Crippen LogP contribution in [0.4, 0.5) is 5.82 Å². The molecular formula is C14H17BrN4O2. The predicted molar refractivity (Wildman–Crippen MR) is 80.9 cm³/mol. The van der Waals surface area contributed by atoms with Gasteiger partial charge in [-0.05, 0) is 34.8 Å². The number of anilines is 1. The molecule has 1 spiro atoms. The molecular weight excluding hydrogens is 336 g/mol. The van der Waals surface area contributed by atoms with Gasteiger partial charge in [0, 0.05) is 28.9 Å². The third-order valence-corrected chi connectivity index (χ3v) is 5.15. The Kier molecular flexibility index (Phi) is 3.16. The first-order chi connectivity index (χ1) is 10.2. The van der Waals surface area contributed by atoms with E-state index in [1.54, 1.807) is 0 Å². The number of hydrogen-bond acceptors (Lipinski definition) is 5. The summed E-state index contributed by atoms with van der Waals surface area (Å²) in [4.78, 5) is 4.06. The van der Waals surface area contributed by atoms with E-state index in [9.17, 15) is 0 Å². The van der Waals surface area contributed by atoms with Crippen LogP contribution in [-0.4, -0.2) is 33.6 Å². The van der Waals surface area contributed by atoms with E-state index >= 15 is 0 Å². The van der Waals surface area contributed by atoms with Crippen molar-refractivity contribution >= 4 is 27.3 Å². The minimum atomic E-state index is -0.325. The fraction of sp³-hybridized carbons (Fsp3) is 0.571. The summed E-state index contributed by atoms with van der Waals surface area (Å²) in [7, 11) is 0. The highest BCUT2D eigenvalue weighted by atomic mass is 79.9. The number of halogens is 1. The van der Waals surface area contributed by atoms with Crippen LogP contribution in [0.5, 0.6) is 0 Å². The van der Waals surface area contributed by atoms with Gasteiger partial charge in [0.15, 0.2) is 11.6 Å². The summed E-state index contributed by atoms with van der Waals surface area (Å²) in [5.41, 5.74) is 7.98. The molecule has 0 atom stereocenters. The second-order valence-electron chi connectivity index (χ2n) is 5.70. The second-order valence-corrected chi connectivity index (χ2v) is 6.56. The normalized spacial score (nSPS) is 22.3. The van der Waals surface area contributed by atoms with E-state index in [4.69, 9.17) is 15.2 Å². The fourth-order valence-electron chi connectivity index (χ4n) is 3.48. The Morgan fingerprint density at radius 3 is 2.71 bits per heavy atom. The van der Waals surface area contributed by atoms with E-state index in [1.165, 1.54) is 12.0 Å². The van der Waals surface area contributed by atoms with E-state index in [-0.39, 0.29) is 5.79 Å². The van der Waals surface area contributed by atoms with E-state index in [1.807, 2.05) is 4.52 Å². The lowest BCUT2D eigenvalue weighted by Crippen LogP contribution is -2.34. The highest BCUT2D eigenvalue weighted by molar-refractivity contribution is 9.10. The molecule has 1 saturated heterocycles. The van der Waals surface area contributed by atoms with Gasteiger partial charge in [-0.3, -0.25) is 0 Å². The lowest BCUT2D eigenvalue weighted by atomic mass is 9.83. The van der Waals surface area contributed by atoms with Crippen LogP contribution in [0.15, 0.2) is 16.9 Å². The molecule has 6 nitrogen and oxygen atoms in total. The molecule has 0 bridgehead atoms. The maximum Gasteiger partial charge on any atom is 0.168 e. The van der Waals surface area contributed by atoms with Gasteiger partial charge >= 0.3 is 0 Å². The molecule has 2 aliphatic rings. The van der Waals surface area contributed by atoms with Crippen LogP contribution >= 0.6 is 15.9 Å². The van der Waals surface area contributed by atoms with Crippen LogP contribution in [0.3, 0.4) is 0 Å². The average molecular weight is 353 g/mol. The quantitative estimate of drug-likeness (QED) is 0.853. The van der Waals surface area contributed by atoms with Crippen molar-refractivity contribution in [3.63, 3.8) is 0 Å². The molecule has 1 aliphatic carbocycles. The van der Waals surface area contributed by atoms with Gasteiger partial charge in [0.1, 0.15) is 11.8 Å². The van der Waals surface area contributed by atoms with Gasteiger partial charge in [0.25, 0.3) is 0 Å². The van der Waals surface area contributed by atoms with E-state index in [0.29, 0.717) is 24.9 Å². The number of nitrogens with two attached hydrogens (primary N) is 1. The van der Waals surface area contributed by atoms with Crippen LogP contribution in [-0.2, 0) is 9.47 Å². The van der Waals surface area contributed by atoms with Crippen molar-refractivity contribution in [3.05, 3.63) is 22.6 Å². The molecule has 2 aromatic rings. The summed E-state index contributed by atoms with van der Waals surface area (Å²) in [5, 5.41) is 4.36. The summed E-state index contributed by atoms with van der Waals surface area (Å²) >= 11 is 3.56. The van der Waals surface area contributed by atoms with Crippen LogP contribution in [0.25, 0.3) is 5.52 Å². The number of hydrogen-bond donors (Lipinski definition) is 1. The Balaban J connectivity index is 1.64. The Hall–Kier alpha value is -1.18. The van der Waals surface area contributed by atoms with Gasteiger partial charge < -0.3 is 15.2 Å². The topological polar surface area (TPSA) is 74.7 Å². The summed E-state index contributed by atoms with van der Waals surface area (Å²) in [6.07, 6.45) is 5.43. The molecule has 4 rings (SSSR count). The van der Waals surface area contributed by atoms with Crippen molar-refractivity contribution in [1.29, 1.82) is 0 Å². The molecule has 0 amide bonds. The highest BCUT2D eigenvalue weighted by Crippen LogP contribution is 2.43. The lowest BCUT2D eigenvalue weighted by molar-refractivity contribution is -0.179. The molecule has 2 aromatic heterocycles. The molecule has 21 heavy (non-hydrogen) atoms. The van der Waals surface area contributed by atoms with Gasteiger partial charge in [0.2, 0.25) is 0 Å². The summed E-state index contributed by atoms with van der Waals surface area (Å²) in [6, 6.07) is 2.11. The minimum absolute atomic E-state index is 0.325. The second kappa shape index (κ2) is 4.93. The number of fused-ring (bicyclic) bond motifs is 1. The SMILES string of the molecule is Nc1ncnn2c(C3CCC4(CC3)OCCO4)cc(Br)c12. The van der Waals surface area contributed by atoms with Crippen molar-refractivity contribution in [2.45, 2.75) is 37.4 Å². The van der Waals surface area contributed by atoms with Crippen LogP contribution in [0, 0.1) is 0 Å². The first-order valence-corrected chi connectivity index (χ1v) is 8.03. The maximum atomic E-state index is 5.95. The van der Waals surface area contributed by atoms with Gasteiger partial charge in [-0.25, -0.2) is 9.50 Å². The largest absolute Gasteiger partial charge is 0.382 e. The monoisotopic (exact) mass is 352 g/mol. The van der Waals surface area contributed by atoms with E-state index in [0.717, 1.165) is 35.7 Å². The van der Waals surface area contributed by atoms with Crippen molar-refractivity contribution in [1.82, 2.24) is 14.6 Å². The summed E-state index contributed by atoms with van der Waals surface area (Å²) < 4.78 is 14.4. The summed E-state index contributed by atoms with van der Waals surface area (Å²) in [6.45, 7) is 1.43. The smallest absolute Gasteiger partial charge is 0.168 e. The molecule has 0 aromatic carbocycles. The Bertz CT molecular complexity index is 671. The van der Waals surface area contributed by atoms with Gasteiger partial charge in [-0.2, -0.15) is 5.10 Å². The van der Waals surface area contributed by atoms with Crippen molar-refractivity contribution < 1.29 is 9.47 Å². The van der Waals surface area contributed by atoms with Crippen molar-refractivity contribution in [3.8, 4) is 0 Å². The molecule has 0 unspecified atom stereocenters. The first kappa shape index (κ1) is 13.5. The van der Waals surface area contributed by atoms with Crippen molar-refractivity contribution in [2.75, 3.05) is 18.9 Å². The zero-order valence-corrected chi connectivity index (χ0v) is 13.2. The highest BCUT2D eigenvalue weighted by Gasteiger charge is 2.41. The zero-order valence-electron chi connectivity index (χ0n) is 11.6. The molecule has 112 valence electrons. The standard InChI is InChI=1S/C14H17BrN4O2/c15-10-7-11(19-12(10)13(16)17-8-18-19)9-1-3-14(4-2-9)20-5-6-21-14/h7-9H,1-6H2,(H2,16,17,18). The molecule has 1 saturated carbocycles. The minimum Gasteiger partial charge on any atom is -0.382 e. The van der Waals surface area contributed by atoms with Crippen LogP contribution < -0.4 is 5.73 Å². The lowest BCUT2D eigenvalue weighted by Gasteiger charge is -2.35. The number of ether oxygens (including phenoxy) is 2.